The predicted molar refractivity (Wildman–Crippen MR) is 55.7 cm³/mol. The number of aryl methyl sites for hydroxylation is 1. The standard InChI is InChI=1S/C8H12ClN3S/c1-6-10-8(13-11-6)12-4-2-7(9)3-5-12/h7H,2-5H2,1H3. The van der Waals surface area contributed by atoms with E-state index in [1.165, 1.54) is 11.5 Å². The molecule has 0 aromatic carbocycles. The minimum Gasteiger partial charge on any atom is -0.347 e. The van der Waals surface area contributed by atoms with E-state index in [1.807, 2.05) is 6.92 Å². The van der Waals surface area contributed by atoms with Crippen LogP contribution in [0.15, 0.2) is 0 Å². The van der Waals surface area contributed by atoms with Crippen LogP contribution in [-0.4, -0.2) is 27.8 Å². The van der Waals surface area contributed by atoms with Crippen molar-refractivity contribution in [3.05, 3.63) is 5.82 Å². The number of halogens is 1. The van der Waals surface area contributed by atoms with Crippen molar-refractivity contribution in [3.63, 3.8) is 0 Å². The van der Waals surface area contributed by atoms with Crippen LogP contribution in [0.4, 0.5) is 5.13 Å². The molecule has 72 valence electrons. The van der Waals surface area contributed by atoms with Gasteiger partial charge in [0.25, 0.3) is 0 Å². The first-order chi connectivity index (χ1) is 6.25. The largest absolute Gasteiger partial charge is 0.347 e. The normalized spacial score (nSPS) is 19.4. The zero-order chi connectivity index (χ0) is 9.26. The quantitative estimate of drug-likeness (QED) is 0.675. The Morgan fingerprint density at radius 3 is 2.69 bits per heavy atom. The van der Waals surface area contributed by atoms with Gasteiger partial charge in [-0.3, -0.25) is 0 Å². The van der Waals surface area contributed by atoms with Crippen LogP contribution in [0.25, 0.3) is 0 Å². The Bertz CT molecular complexity index is 281. The number of anilines is 1. The molecule has 0 spiro atoms. The molecule has 3 nitrogen and oxygen atoms in total. The lowest BCUT2D eigenvalue weighted by molar-refractivity contribution is 0.584. The summed E-state index contributed by atoms with van der Waals surface area (Å²) in [5, 5.41) is 1.39. The molecule has 1 aromatic rings. The molecule has 0 atom stereocenters. The number of hydrogen-bond donors (Lipinski definition) is 0. The zero-order valence-corrected chi connectivity index (χ0v) is 9.11. The van der Waals surface area contributed by atoms with Gasteiger partial charge in [0.05, 0.1) is 0 Å². The van der Waals surface area contributed by atoms with E-state index in [1.54, 1.807) is 0 Å². The van der Waals surface area contributed by atoms with Crippen LogP contribution in [0.3, 0.4) is 0 Å². The number of aromatic nitrogens is 2. The lowest BCUT2D eigenvalue weighted by Gasteiger charge is -2.28. The lowest BCUT2D eigenvalue weighted by Crippen LogP contribution is -2.33. The van der Waals surface area contributed by atoms with Crippen molar-refractivity contribution in [2.75, 3.05) is 18.0 Å². The maximum atomic E-state index is 6.02. The van der Waals surface area contributed by atoms with E-state index in [2.05, 4.69) is 14.3 Å². The fraction of sp³-hybridized carbons (Fsp3) is 0.750. The van der Waals surface area contributed by atoms with Crippen molar-refractivity contribution >= 4 is 28.3 Å². The lowest BCUT2D eigenvalue weighted by atomic mass is 10.1. The number of alkyl halides is 1. The zero-order valence-electron chi connectivity index (χ0n) is 7.53. The van der Waals surface area contributed by atoms with E-state index < -0.39 is 0 Å². The molecular weight excluding hydrogens is 206 g/mol. The number of hydrogen-bond acceptors (Lipinski definition) is 4. The Morgan fingerprint density at radius 1 is 1.46 bits per heavy atom. The molecule has 0 bridgehead atoms. The number of rotatable bonds is 1. The summed E-state index contributed by atoms with van der Waals surface area (Å²) in [5.74, 6) is 0.869. The van der Waals surface area contributed by atoms with Gasteiger partial charge in [-0.2, -0.15) is 4.37 Å². The Labute approximate surface area is 86.9 Å². The van der Waals surface area contributed by atoms with E-state index in [0.717, 1.165) is 36.9 Å². The van der Waals surface area contributed by atoms with Gasteiger partial charge in [-0.05, 0) is 19.8 Å². The molecule has 2 rings (SSSR count). The molecule has 5 heteroatoms. The van der Waals surface area contributed by atoms with Gasteiger partial charge in [0, 0.05) is 30.0 Å². The van der Waals surface area contributed by atoms with Crippen LogP contribution in [0.1, 0.15) is 18.7 Å². The Morgan fingerprint density at radius 2 is 2.15 bits per heavy atom. The molecule has 0 N–H and O–H groups in total. The van der Waals surface area contributed by atoms with Gasteiger partial charge >= 0.3 is 0 Å². The predicted octanol–water partition coefficient (Wildman–Crippen LogP) is 2.05. The highest BCUT2D eigenvalue weighted by Crippen LogP contribution is 2.23. The molecule has 0 unspecified atom stereocenters. The Kier molecular flexibility index (Phi) is 2.69. The first-order valence-corrected chi connectivity index (χ1v) is 5.66. The highest BCUT2D eigenvalue weighted by Gasteiger charge is 2.19. The number of piperidine rings is 1. The van der Waals surface area contributed by atoms with Crippen LogP contribution in [-0.2, 0) is 0 Å². The fourth-order valence-corrected chi connectivity index (χ4v) is 2.37. The van der Waals surface area contributed by atoms with Crippen molar-refractivity contribution in [2.24, 2.45) is 0 Å². The van der Waals surface area contributed by atoms with Gasteiger partial charge in [-0.25, -0.2) is 4.98 Å². The summed E-state index contributed by atoms with van der Waals surface area (Å²) >= 11 is 7.49. The molecule has 0 radical (unpaired) electrons. The second-order valence-corrected chi connectivity index (χ2v) is 4.63. The van der Waals surface area contributed by atoms with Crippen molar-refractivity contribution in [3.8, 4) is 0 Å². The number of nitrogens with zero attached hydrogens (tertiary/aromatic N) is 3. The molecule has 0 aliphatic carbocycles. The molecule has 1 saturated heterocycles. The van der Waals surface area contributed by atoms with E-state index >= 15 is 0 Å². The summed E-state index contributed by atoms with van der Waals surface area (Å²) in [6, 6.07) is 0. The first kappa shape index (κ1) is 9.21. The molecule has 1 aromatic heterocycles. The van der Waals surface area contributed by atoms with Crippen LogP contribution in [0, 0.1) is 6.92 Å². The van der Waals surface area contributed by atoms with Crippen LogP contribution in [0.5, 0.6) is 0 Å². The van der Waals surface area contributed by atoms with Crippen molar-refractivity contribution in [1.82, 2.24) is 9.36 Å². The molecule has 2 heterocycles. The summed E-state index contributed by atoms with van der Waals surface area (Å²) in [6.45, 7) is 3.96. The maximum absolute atomic E-state index is 6.02. The van der Waals surface area contributed by atoms with E-state index in [-0.39, 0.29) is 0 Å². The van der Waals surface area contributed by atoms with Crippen molar-refractivity contribution < 1.29 is 0 Å². The van der Waals surface area contributed by atoms with Gasteiger partial charge in [0.15, 0.2) is 0 Å². The molecule has 0 amide bonds. The molecule has 1 fully saturated rings. The van der Waals surface area contributed by atoms with Gasteiger partial charge in [-0.15, -0.1) is 11.6 Å². The Hall–Kier alpha value is -0.350. The minimum atomic E-state index is 0.352. The monoisotopic (exact) mass is 217 g/mol. The van der Waals surface area contributed by atoms with E-state index in [0.29, 0.717) is 5.38 Å². The molecule has 0 saturated carbocycles. The van der Waals surface area contributed by atoms with Crippen molar-refractivity contribution in [1.29, 1.82) is 0 Å². The van der Waals surface area contributed by atoms with E-state index in [4.69, 9.17) is 11.6 Å². The smallest absolute Gasteiger partial charge is 0.205 e. The third-order valence-corrected chi connectivity index (χ3v) is 3.52. The third kappa shape index (κ3) is 2.11. The second-order valence-electron chi connectivity index (χ2n) is 3.29. The van der Waals surface area contributed by atoms with Gasteiger partial charge in [0.1, 0.15) is 5.82 Å². The third-order valence-electron chi connectivity index (χ3n) is 2.21. The van der Waals surface area contributed by atoms with Gasteiger partial charge in [0.2, 0.25) is 5.13 Å². The Balaban J connectivity index is 2.02. The fourth-order valence-electron chi connectivity index (χ4n) is 1.45. The molecule has 1 aliphatic rings. The highest BCUT2D eigenvalue weighted by molar-refractivity contribution is 7.09. The highest BCUT2D eigenvalue weighted by atomic mass is 35.5. The summed E-state index contributed by atoms with van der Waals surface area (Å²) in [6.07, 6.45) is 2.11. The second kappa shape index (κ2) is 3.80. The van der Waals surface area contributed by atoms with Crippen molar-refractivity contribution in [2.45, 2.75) is 25.1 Å². The topological polar surface area (TPSA) is 29.0 Å². The van der Waals surface area contributed by atoms with Crippen LogP contribution < -0.4 is 4.90 Å². The molecule has 1 aliphatic heterocycles. The summed E-state index contributed by atoms with van der Waals surface area (Å²) in [5.41, 5.74) is 0. The maximum Gasteiger partial charge on any atom is 0.205 e. The van der Waals surface area contributed by atoms with E-state index in [9.17, 15) is 0 Å². The summed E-state index contributed by atoms with van der Waals surface area (Å²) in [4.78, 5) is 6.62. The summed E-state index contributed by atoms with van der Waals surface area (Å²) < 4.78 is 4.17. The van der Waals surface area contributed by atoms with Crippen LogP contribution in [0.2, 0.25) is 0 Å². The average Bonchev–Trinajstić information content (AvgIpc) is 2.53. The molecule has 13 heavy (non-hydrogen) atoms. The summed E-state index contributed by atoms with van der Waals surface area (Å²) in [7, 11) is 0. The van der Waals surface area contributed by atoms with Gasteiger partial charge in [-0.1, -0.05) is 0 Å². The minimum absolute atomic E-state index is 0.352. The van der Waals surface area contributed by atoms with Crippen LogP contribution >= 0.6 is 23.1 Å². The molecular formula is C8H12ClN3S. The SMILES string of the molecule is Cc1nsc(N2CCC(Cl)CC2)n1. The average molecular weight is 218 g/mol. The van der Waals surface area contributed by atoms with Gasteiger partial charge < -0.3 is 4.90 Å². The first-order valence-electron chi connectivity index (χ1n) is 4.45.